The number of hydrogen-bond donors (Lipinski definition) is 4. The lowest BCUT2D eigenvalue weighted by Crippen LogP contribution is -2.27. The molecule has 0 fully saturated rings. The molecule has 0 aliphatic heterocycles. The molecule has 106 valence electrons. The Labute approximate surface area is 110 Å². The molecule has 1 rings (SSSR count). The molecule has 0 heterocycles. The Morgan fingerprint density at radius 1 is 1.32 bits per heavy atom. The molecular formula is C11H18N4O4. The Hall–Kier alpha value is -2.03. The molecule has 0 amide bonds. The van der Waals surface area contributed by atoms with Crippen molar-refractivity contribution >= 4 is 12.0 Å². The van der Waals surface area contributed by atoms with Crippen LogP contribution in [0.5, 0.6) is 5.75 Å². The molecule has 6 N–H and O–H groups in total. The second kappa shape index (κ2) is 9.95. The van der Waals surface area contributed by atoms with Gasteiger partial charge in [0.25, 0.3) is 5.69 Å². The Bertz CT molecular complexity index is 408. The van der Waals surface area contributed by atoms with Crippen molar-refractivity contribution in [1.29, 1.82) is 0 Å². The summed E-state index contributed by atoms with van der Waals surface area (Å²) in [5.41, 5.74) is 10.0. The summed E-state index contributed by atoms with van der Waals surface area (Å²) in [5, 5.41) is 22.2. The predicted octanol–water partition coefficient (Wildman–Crippen LogP) is -0.394. The van der Waals surface area contributed by atoms with Crippen LogP contribution in [0.2, 0.25) is 0 Å². The quantitative estimate of drug-likeness (QED) is 0.238. The topological polar surface area (TPSA) is 145 Å². The van der Waals surface area contributed by atoms with Gasteiger partial charge in [-0.3, -0.25) is 14.9 Å². The smallest absolute Gasteiger partial charge is 0.270 e. The number of nitrogens with one attached hydrogen (secondary N) is 1. The first-order valence-electron chi connectivity index (χ1n) is 5.60. The van der Waals surface area contributed by atoms with Gasteiger partial charge in [0.1, 0.15) is 5.75 Å². The molecule has 1 aromatic rings. The van der Waals surface area contributed by atoms with E-state index >= 15 is 0 Å². The zero-order valence-corrected chi connectivity index (χ0v) is 10.4. The number of nitrogens with zero attached hydrogens (tertiary/aromatic N) is 1. The van der Waals surface area contributed by atoms with Crippen molar-refractivity contribution in [3.8, 4) is 5.75 Å². The molecule has 0 bridgehead atoms. The summed E-state index contributed by atoms with van der Waals surface area (Å²) in [7, 11) is 0. The van der Waals surface area contributed by atoms with Gasteiger partial charge in [-0.2, -0.15) is 0 Å². The third-order valence-electron chi connectivity index (χ3n) is 1.99. The van der Waals surface area contributed by atoms with Gasteiger partial charge in [-0.1, -0.05) is 0 Å². The number of rotatable bonds is 6. The lowest BCUT2D eigenvalue weighted by molar-refractivity contribution is -0.384. The number of nitro groups is 1. The van der Waals surface area contributed by atoms with Crippen molar-refractivity contribution in [2.45, 2.75) is 0 Å². The van der Waals surface area contributed by atoms with Gasteiger partial charge in [0, 0.05) is 38.3 Å². The van der Waals surface area contributed by atoms with E-state index in [1.165, 1.54) is 0 Å². The van der Waals surface area contributed by atoms with E-state index in [9.17, 15) is 14.9 Å². The fraction of sp³-hybridized carbons (Fsp3) is 0.364. The van der Waals surface area contributed by atoms with Crippen LogP contribution in [0.15, 0.2) is 18.2 Å². The first-order valence-corrected chi connectivity index (χ1v) is 5.60. The van der Waals surface area contributed by atoms with Gasteiger partial charge in [0.05, 0.1) is 10.5 Å². The van der Waals surface area contributed by atoms with Crippen LogP contribution in [-0.2, 0) is 0 Å². The third kappa shape index (κ3) is 7.09. The van der Waals surface area contributed by atoms with E-state index in [-0.39, 0.29) is 17.0 Å². The Kier molecular flexibility index (Phi) is 8.88. The molecule has 1 aromatic carbocycles. The van der Waals surface area contributed by atoms with Gasteiger partial charge >= 0.3 is 0 Å². The number of phenolic OH excluding ortho intramolecular Hbond substituents is 1. The zero-order valence-electron chi connectivity index (χ0n) is 10.4. The van der Waals surface area contributed by atoms with E-state index in [4.69, 9.17) is 16.6 Å². The average molecular weight is 270 g/mol. The molecule has 0 aromatic heterocycles. The lowest BCUT2D eigenvalue weighted by Gasteiger charge is -1.95. The highest BCUT2D eigenvalue weighted by Gasteiger charge is 2.08. The summed E-state index contributed by atoms with van der Waals surface area (Å²) < 4.78 is 0. The maximum atomic E-state index is 10.2. The normalized spacial score (nSPS) is 9.37. The number of nitro benzene ring substituents is 1. The van der Waals surface area contributed by atoms with E-state index in [0.29, 0.717) is 19.4 Å². The Morgan fingerprint density at radius 3 is 2.32 bits per heavy atom. The van der Waals surface area contributed by atoms with E-state index in [2.05, 4.69) is 5.32 Å². The number of nitrogens with two attached hydrogens (primary N) is 2. The monoisotopic (exact) mass is 270 g/mol. The second-order valence-electron chi connectivity index (χ2n) is 3.45. The van der Waals surface area contributed by atoms with E-state index in [1.54, 1.807) is 0 Å². The molecule has 0 saturated heterocycles. The van der Waals surface area contributed by atoms with Gasteiger partial charge in [-0.05, 0) is 6.07 Å². The van der Waals surface area contributed by atoms with Crippen LogP contribution in [-0.4, -0.2) is 42.5 Å². The molecule has 19 heavy (non-hydrogen) atoms. The van der Waals surface area contributed by atoms with Gasteiger partial charge in [-0.25, -0.2) is 0 Å². The van der Waals surface area contributed by atoms with Crippen molar-refractivity contribution < 1.29 is 14.8 Å². The number of aldehydes is 1. The molecule has 0 saturated carbocycles. The van der Waals surface area contributed by atoms with Crippen LogP contribution in [0.3, 0.4) is 0 Å². The average Bonchev–Trinajstić information content (AvgIpc) is 2.40. The molecule has 0 radical (unpaired) electrons. The number of hydrogen-bond acceptors (Lipinski definition) is 7. The minimum absolute atomic E-state index is 0.0794. The van der Waals surface area contributed by atoms with E-state index < -0.39 is 4.92 Å². The molecule has 8 nitrogen and oxygen atoms in total. The van der Waals surface area contributed by atoms with Crippen molar-refractivity contribution in [1.82, 2.24) is 5.32 Å². The van der Waals surface area contributed by atoms with Gasteiger partial charge < -0.3 is 21.9 Å². The van der Waals surface area contributed by atoms with Crippen molar-refractivity contribution in [3.63, 3.8) is 0 Å². The molecule has 0 aliphatic rings. The molecule has 0 spiro atoms. The highest BCUT2D eigenvalue weighted by molar-refractivity contribution is 5.80. The van der Waals surface area contributed by atoms with Crippen LogP contribution in [0.4, 0.5) is 5.69 Å². The number of benzene rings is 1. The maximum absolute atomic E-state index is 10.2. The van der Waals surface area contributed by atoms with Gasteiger partial charge in [-0.15, -0.1) is 0 Å². The number of aromatic hydroxyl groups is 1. The number of carbonyl (C=O) groups is 1. The first-order chi connectivity index (χ1) is 9.06. The highest BCUT2D eigenvalue weighted by Crippen LogP contribution is 2.20. The van der Waals surface area contributed by atoms with Crippen LogP contribution >= 0.6 is 0 Å². The summed E-state index contributed by atoms with van der Waals surface area (Å²) in [5.74, 6) is -0.254. The van der Waals surface area contributed by atoms with Crippen molar-refractivity contribution in [2.75, 3.05) is 26.2 Å². The number of carbonyl (C=O) groups excluding carboxylic acids is 1. The fourth-order valence-electron chi connectivity index (χ4n) is 1.08. The SMILES string of the molecule is NCCNCCN.O=Cc1cc([N+](=O)[O-])ccc1O. The van der Waals surface area contributed by atoms with Crippen LogP contribution < -0.4 is 16.8 Å². The first kappa shape index (κ1) is 17.0. The van der Waals surface area contributed by atoms with E-state index in [0.717, 1.165) is 31.3 Å². The Balaban J connectivity index is 0.000000399. The van der Waals surface area contributed by atoms with Crippen molar-refractivity contribution in [2.24, 2.45) is 11.5 Å². The van der Waals surface area contributed by atoms with Gasteiger partial charge in [0.2, 0.25) is 0 Å². The molecule has 0 atom stereocenters. The fourth-order valence-corrected chi connectivity index (χ4v) is 1.08. The maximum Gasteiger partial charge on any atom is 0.270 e. The predicted molar refractivity (Wildman–Crippen MR) is 71.1 cm³/mol. The molecule has 8 heteroatoms. The number of phenols is 1. The summed E-state index contributed by atoms with van der Waals surface area (Å²) in [6.07, 6.45) is 0.363. The summed E-state index contributed by atoms with van der Waals surface area (Å²) in [4.78, 5) is 19.8. The molecule has 0 unspecified atom stereocenters. The summed E-state index contributed by atoms with van der Waals surface area (Å²) in [6.45, 7) is 3.13. The van der Waals surface area contributed by atoms with Gasteiger partial charge in [0.15, 0.2) is 6.29 Å². The van der Waals surface area contributed by atoms with E-state index in [1.807, 2.05) is 0 Å². The summed E-state index contributed by atoms with van der Waals surface area (Å²) >= 11 is 0. The molecule has 0 aliphatic carbocycles. The van der Waals surface area contributed by atoms with Crippen LogP contribution in [0, 0.1) is 10.1 Å². The largest absolute Gasteiger partial charge is 0.507 e. The standard InChI is InChI=1S/C7H5NO4.C4H13N3/c9-4-5-3-6(8(11)12)1-2-7(5)10;5-1-3-7-4-2-6/h1-4,10H;7H,1-6H2. The van der Waals surface area contributed by atoms with Crippen LogP contribution in [0.25, 0.3) is 0 Å². The zero-order chi connectivity index (χ0) is 14.7. The highest BCUT2D eigenvalue weighted by atomic mass is 16.6. The number of non-ortho nitro benzene ring substituents is 1. The minimum Gasteiger partial charge on any atom is -0.507 e. The lowest BCUT2D eigenvalue weighted by atomic mass is 10.2. The van der Waals surface area contributed by atoms with Crippen molar-refractivity contribution in [3.05, 3.63) is 33.9 Å². The van der Waals surface area contributed by atoms with Crippen LogP contribution in [0.1, 0.15) is 10.4 Å². The second-order valence-corrected chi connectivity index (χ2v) is 3.45. The molecular weight excluding hydrogens is 252 g/mol. The minimum atomic E-state index is -0.633. The summed E-state index contributed by atoms with van der Waals surface area (Å²) in [6, 6.07) is 3.26. The third-order valence-corrected chi connectivity index (χ3v) is 1.99. The Morgan fingerprint density at radius 2 is 1.89 bits per heavy atom.